The summed E-state index contributed by atoms with van der Waals surface area (Å²) < 4.78 is 23.0. The van der Waals surface area contributed by atoms with Crippen LogP contribution in [0.4, 0.5) is 0 Å². The second-order valence-corrected chi connectivity index (χ2v) is 9.15. The van der Waals surface area contributed by atoms with E-state index < -0.39 is 9.84 Å². The molecule has 0 saturated carbocycles. The number of carbonyl (C=O) groups is 1. The van der Waals surface area contributed by atoms with Crippen LogP contribution in [-0.2, 0) is 14.6 Å². The lowest BCUT2D eigenvalue weighted by Crippen LogP contribution is -2.31. The summed E-state index contributed by atoms with van der Waals surface area (Å²) in [6, 6.07) is 0. The average Bonchev–Trinajstić information content (AvgIpc) is 2.23. The van der Waals surface area contributed by atoms with E-state index in [0.717, 1.165) is 12.2 Å². The third-order valence-corrected chi connectivity index (χ3v) is 5.83. The molecule has 0 atom stereocenters. The second-order valence-electron chi connectivity index (χ2n) is 4.79. The van der Waals surface area contributed by atoms with Gasteiger partial charge in [0.15, 0.2) is 9.84 Å². The van der Waals surface area contributed by atoms with Crippen molar-refractivity contribution < 1.29 is 13.2 Å². The molecule has 0 aliphatic rings. The van der Waals surface area contributed by atoms with Crippen LogP contribution in [-0.4, -0.2) is 42.9 Å². The zero-order chi connectivity index (χ0) is 14.2. The molecule has 0 bridgehead atoms. The predicted molar refractivity (Wildman–Crippen MR) is 78.8 cm³/mol. The number of rotatable bonds is 9. The molecule has 0 aliphatic carbocycles. The molecule has 0 spiro atoms. The van der Waals surface area contributed by atoms with Crippen molar-refractivity contribution in [3.8, 4) is 0 Å². The molecule has 4 nitrogen and oxygen atoms in total. The maximum absolute atomic E-state index is 11.5. The average molecular weight is 295 g/mol. The lowest BCUT2D eigenvalue weighted by Gasteiger charge is -2.09. The van der Waals surface area contributed by atoms with Gasteiger partial charge in [-0.1, -0.05) is 13.8 Å². The van der Waals surface area contributed by atoms with E-state index in [0.29, 0.717) is 11.7 Å². The SMILES string of the molecule is CC(C)SCCCC(=O)NCCS(=O)(=O)C(C)C. The van der Waals surface area contributed by atoms with E-state index in [1.165, 1.54) is 0 Å². The third kappa shape index (κ3) is 8.80. The van der Waals surface area contributed by atoms with Gasteiger partial charge in [-0.05, 0) is 31.3 Å². The highest BCUT2D eigenvalue weighted by atomic mass is 32.2. The summed E-state index contributed by atoms with van der Waals surface area (Å²) in [6.07, 6.45) is 1.31. The van der Waals surface area contributed by atoms with Gasteiger partial charge in [-0.15, -0.1) is 0 Å². The van der Waals surface area contributed by atoms with E-state index >= 15 is 0 Å². The number of hydrogen-bond donors (Lipinski definition) is 1. The highest BCUT2D eigenvalue weighted by molar-refractivity contribution is 7.99. The van der Waals surface area contributed by atoms with Gasteiger partial charge < -0.3 is 5.32 Å². The topological polar surface area (TPSA) is 63.2 Å². The molecular weight excluding hydrogens is 270 g/mol. The largest absolute Gasteiger partial charge is 0.355 e. The fourth-order valence-electron chi connectivity index (χ4n) is 1.21. The molecule has 0 aromatic heterocycles. The van der Waals surface area contributed by atoms with Crippen molar-refractivity contribution in [3.63, 3.8) is 0 Å². The summed E-state index contributed by atoms with van der Waals surface area (Å²) in [5, 5.41) is 2.86. The number of nitrogens with one attached hydrogen (secondary N) is 1. The number of thioether (sulfide) groups is 1. The highest BCUT2D eigenvalue weighted by Gasteiger charge is 2.15. The van der Waals surface area contributed by atoms with Crippen LogP contribution in [0.25, 0.3) is 0 Å². The van der Waals surface area contributed by atoms with E-state index in [9.17, 15) is 13.2 Å². The van der Waals surface area contributed by atoms with E-state index in [1.807, 2.05) is 11.8 Å². The van der Waals surface area contributed by atoms with Gasteiger partial charge in [0.2, 0.25) is 5.91 Å². The van der Waals surface area contributed by atoms with Crippen LogP contribution >= 0.6 is 11.8 Å². The van der Waals surface area contributed by atoms with Gasteiger partial charge in [0.05, 0.1) is 11.0 Å². The van der Waals surface area contributed by atoms with Crippen LogP contribution in [0.3, 0.4) is 0 Å². The van der Waals surface area contributed by atoms with Crippen molar-refractivity contribution in [2.45, 2.75) is 51.0 Å². The van der Waals surface area contributed by atoms with E-state index in [-0.39, 0.29) is 23.5 Å². The summed E-state index contributed by atoms with van der Waals surface area (Å²) in [5.41, 5.74) is 0. The van der Waals surface area contributed by atoms with Crippen LogP contribution in [0.15, 0.2) is 0 Å². The van der Waals surface area contributed by atoms with Crippen LogP contribution in [0, 0.1) is 0 Å². The fourth-order valence-corrected chi connectivity index (χ4v) is 2.85. The van der Waals surface area contributed by atoms with Gasteiger partial charge in [-0.3, -0.25) is 4.79 Å². The summed E-state index contributed by atoms with van der Waals surface area (Å²) in [4.78, 5) is 11.4. The van der Waals surface area contributed by atoms with Crippen LogP contribution in [0.1, 0.15) is 40.5 Å². The molecule has 1 amide bonds. The van der Waals surface area contributed by atoms with Gasteiger partial charge in [-0.2, -0.15) is 11.8 Å². The van der Waals surface area contributed by atoms with Crippen molar-refractivity contribution in [2.24, 2.45) is 0 Å². The standard InChI is InChI=1S/C12H25NO3S2/c1-10(2)17-8-5-6-12(14)13-7-9-18(15,16)11(3)4/h10-11H,5-9H2,1-4H3,(H,13,14). The van der Waals surface area contributed by atoms with Crippen molar-refractivity contribution >= 4 is 27.5 Å². The first-order valence-corrected chi connectivity index (χ1v) is 9.12. The number of carbonyl (C=O) groups excluding carboxylic acids is 1. The van der Waals surface area contributed by atoms with E-state index in [2.05, 4.69) is 19.2 Å². The third-order valence-electron chi connectivity index (χ3n) is 2.43. The van der Waals surface area contributed by atoms with Gasteiger partial charge in [-0.25, -0.2) is 8.42 Å². The maximum Gasteiger partial charge on any atom is 0.220 e. The first-order chi connectivity index (χ1) is 8.25. The van der Waals surface area contributed by atoms with Gasteiger partial charge >= 0.3 is 0 Å². The monoisotopic (exact) mass is 295 g/mol. The van der Waals surface area contributed by atoms with Gasteiger partial charge in [0, 0.05) is 13.0 Å². The summed E-state index contributed by atoms with van der Waals surface area (Å²) in [6.45, 7) is 7.78. The summed E-state index contributed by atoms with van der Waals surface area (Å²) in [7, 11) is -3.05. The minimum atomic E-state index is -3.05. The molecular formula is C12H25NO3S2. The Labute approximate surface area is 115 Å². The van der Waals surface area contributed by atoms with Crippen LogP contribution < -0.4 is 5.32 Å². The van der Waals surface area contributed by atoms with Gasteiger partial charge in [0.25, 0.3) is 0 Å². The lowest BCUT2D eigenvalue weighted by atomic mass is 10.3. The molecule has 0 rings (SSSR count). The molecule has 0 fully saturated rings. The van der Waals surface area contributed by atoms with Crippen molar-refractivity contribution in [1.82, 2.24) is 5.32 Å². The Bertz CT molecular complexity index is 337. The number of hydrogen-bond acceptors (Lipinski definition) is 4. The van der Waals surface area contributed by atoms with Crippen molar-refractivity contribution in [2.75, 3.05) is 18.1 Å². The van der Waals surface area contributed by atoms with Crippen LogP contribution in [0.2, 0.25) is 0 Å². The Morgan fingerprint density at radius 2 is 1.83 bits per heavy atom. The molecule has 0 unspecified atom stereocenters. The number of amides is 1. The molecule has 0 heterocycles. The minimum Gasteiger partial charge on any atom is -0.355 e. The first kappa shape index (κ1) is 17.8. The molecule has 1 N–H and O–H groups in total. The normalized spacial score (nSPS) is 12.1. The molecule has 6 heteroatoms. The Hall–Kier alpha value is -0.230. The molecule has 0 aromatic carbocycles. The maximum atomic E-state index is 11.5. The Balaban J connectivity index is 3.66. The first-order valence-electron chi connectivity index (χ1n) is 6.35. The zero-order valence-corrected chi connectivity index (χ0v) is 13.4. The molecule has 0 aliphatic heterocycles. The summed E-state index contributed by atoms with van der Waals surface area (Å²) in [5.74, 6) is 0.935. The number of sulfone groups is 1. The van der Waals surface area contributed by atoms with Gasteiger partial charge in [0.1, 0.15) is 0 Å². The molecule has 18 heavy (non-hydrogen) atoms. The molecule has 108 valence electrons. The summed E-state index contributed by atoms with van der Waals surface area (Å²) >= 11 is 1.83. The minimum absolute atomic E-state index is 0.0250. The smallest absolute Gasteiger partial charge is 0.220 e. The predicted octanol–water partition coefficient (Wildman–Crippen LogP) is 1.85. The van der Waals surface area contributed by atoms with Crippen molar-refractivity contribution in [1.29, 1.82) is 0 Å². The van der Waals surface area contributed by atoms with Crippen molar-refractivity contribution in [3.05, 3.63) is 0 Å². The second kappa shape index (κ2) is 8.80. The Kier molecular flexibility index (Phi) is 8.69. The molecule has 0 radical (unpaired) electrons. The quantitative estimate of drug-likeness (QED) is 0.659. The van der Waals surface area contributed by atoms with E-state index in [1.54, 1.807) is 13.8 Å². The fraction of sp³-hybridized carbons (Fsp3) is 0.917. The van der Waals surface area contributed by atoms with E-state index in [4.69, 9.17) is 0 Å². The molecule has 0 saturated heterocycles. The Morgan fingerprint density at radius 1 is 1.22 bits per heavy atom. The lowest BCUT2D eigenvalue weighted by molar-refractivity contribution is -0.120. The van der Waals surface area contributed by atoms with Crippen LogP contribution in [0.5, 0.6) is 0 Å². The molecule has 0 aromatic rings. The Morgan fingerprint density at radius 3 is 2.33 bits per heavy atom. The highest BCUT2D eigenvalue weighted by Crippen LogP contribution is 2.11. The zero-order valence-electron chi connectivity index (χ0n) is 11.7.